The van der Waals surface area contributed by atoms with Crippen molar-refractivity contribution in [3.8, 4) is 0 Å². The van der Waals surface area contributed by atoms with Crippen LogP contribution in [0.15, 0.2) is 0 Å². The van der Waals surface area contributed by atoms with Gasteiger partial charge >= 0.3 is 5.97 Å². The van der Waals surface area contributed by atoms with Crippen molar-refractivity contribution in [2.24, 2.45) is 17.8 Å². The Morgan fingerprint density at radius 1 is 1.00 bits per heavy atom. The fourth-order valence-electron chi connectivity index (χ4n) is 4.41. The van der Waals surface area contributed by atoms with Crippen molar-refractivity contribution in [3.05, 3.63) is 0 Å². The molecule has 1 atom stereocenters. The van der Waals surface area contributed by atoms with E-state index in [4.69, 9.17) is 4.74 Å². The Kier molecular flexibility index (Phi) is 7.33. The molecule has 25 heavy (non-hydrogen) atoms. The molecule has 0 aromatic carbocycles. The summed E-state index contributed by atoms with van der Waals surface area (Å²) in [5.41, 5.74) is 0. The van der Waals surface area contributed by atoms with Gasteiger partial charge in [0.05, 0.1) is 53.2 Å². The van der Waals surface area contributed by atoms with Gasteiger partial charge < -0.3 is 13.7 Å². The molecule has 1 unspecified atom stereocenters. The van der Waals surface area contributed by atoms with Crippen LogP contribution in [0.2, 0.25) is 0 Å². The van der Waals surface area contributed by atoms with Gasteiger partial charge in [-0.15, -0.1) is 0 Å². The van der Waals surface area contributed by atoms with Crippen LogP contribution in [0, 0.1) is 17.8 Å². The van der Waals surface area contributed by atoms with E-state index in [0.717, 1.165) is 29.3 Å². The number of quaternary nitrogens is 2. The second-order valence-electron chi connectivity index (χ2n) is 9.77. The largest absolute Gasteiger partial charge is 0.459 e. The average Bonchev–Trinajstić information content (AvgIpc) is 2.58. The van der Waals surface area contributed by atoms with Crippen LogP contribution in [0.4, 0.5) is 0 Å². The molecule has 2 fully saturated rings. The SMILES string of the molecule is CCC(C)C(=O)OCC[N+]1(C)CCC(CC2CC[N+](C)(C)CC2)CC1. The summed E-state index contributed by atoms with van der Waals surface area (Å²) in [7, 11) is 7.08. The lowest BCUT2D eigenvalue weighted by atomic mass is 9.82. The van der Waals surface area contributed by atoms with Crippen molar-refractivity contribution >= 4 is 5.97 Å². The fraction of sp³-hybridized carbons (Fsp3) is 0.952. The van der Waals surface area contributed by atoms with Crippen LogP contribution in [0.1, 0.15) is 52.4 Å². The van der Waals surface area contributed by atoms with Crippen molar-refractivity contribution in [2.75, 3.05) is 60.5 Å². The molecule has 2 aliphatic heterocycles. The molecular formula is C21H42N2O2+2. The standard InChI is InChI=1S/C21H42N2O2/c1-6-18(2)21(24)25-16-15-23(5)13-9-20(10-14-23)17-19-7-11-22(3,4)12-8-19/h18-20H,6-17H2,1-5H3/q+2. The van der Waals surface area contributed by atoms with Crippen LogP contribution in [0.5, 0.6) is 0 Å². The van der Waals surface area contributed by atoms with E-state index in [2.05, 4.69) is 21.1 Å². The third-order valence-electron chi connectivity index (χ3n) is 7.00. The average molecular weight is 355 g/mol. The molecule has 0 amide bonds. The third kappa shape index (κ3) is 6.56. The highest BCUT2D eigenvalue weighted by molar-refractivity contribution is 5.71. The fourth-order valence-corrected chi connectivity index (χ4v) is 4.41. The first kappa shape index (κ1) is 20.7. The van der Waals surface area contributed by atoms with Crippen LogP contribution in [0.25, 0.3) is 0 Å². The number of likely N-dealkylation sites (N-methyl/N-ethyl adjacent to an activating group) is 1. The highest BCUT2D eigenvalue weighted by Crippen LogP contribution is 2.32. The van der Waals surface area contributed by atoms with Crippen molar-refractivity contribution in [1.29, 1.82) is 0 Å². The summed E-state index contributed by atoms with van der Waals surface area (Å²) >= 11 is 0. The molecule has 2 aliphatic rings. The molecule has 146 valence electrons. The Balaban J connectivity index is 1.65. The monoisotopic (exact) mass is 354 g/mol. The van der Waals surface area contributed by atoms with Gasteiger partial charge in [-0.05, 0) is 50.4 Å². The predicted molar refractivity (Wildman–Crippen MR) is 103 cm³/mol. The summed E-state index contributed by atoms with van der Waals surface area (Å²) in [6.07, 6.45) is 7.85. The van der Waals surface area contributed by atoms with E-state index in [1.807, 2.05) is 13.8 Å². The van der Waals surface area contributed by atoms with Crippen LogP contribution < -0.4 is 0 Å². The van der Waals surface area contributed by atoms with Gasteiger partial charge in [0, 0.05) is 0 Å². The van der Waals surface area contributed by atoms with Crippen molar-refractivity contribution in [1.82, 2.24) is 0 Å². The second-order valence-corrected chi connectivity index (χ2v) is 9.77. The molecule has 0 aromatic heterocycles. The van der Waals surface area contributed by atoms with Crippen LogP contribution in [-0.4, -0.2) is 75.4 Å². The Morgan fingerprint density at radius 3 is 2.04 bits per heavy atom. The molecule has 0 spiro atoms. The number of esters is 1. The van der Waals surface area contributed by atoms with Gasteiger partial charge in [-0.2, -0.15) is 0 Å². The Morgan fingerprint density at radius 2 is 1.52 bits per heavy atom. The molecule has 0 saturated carbocycles. The van der Waals surface area contributed by atoms with E-state index >= 15 is 0 Å². The number of ether oxygens (including phenoxy) is 1. The molecular weight excluding hydrogens is 312 g/mol. The summed E-state index contributed by atoms with van der Waals surface area (Å²) < 4.78 is 7.77. The maximum Gasteiger partial charge on any atom is 0.308 e. The molecule has 4 heteroatoms. The molecule has 0 aromatic rings. The Hall–Kier alpha value is -0.610. The molecule has 0 bridgehead atoms. The highest BCUT2D eigenvalue weighted by Gasteiger charge is 2.33. The van der Waals surface area contributed by atoms with Crippen LogP contribution in [0.3, 0.4) is 0 Å². The first-order chi connectivity index (χ1) is 11.7. The van der Waals surface area contributed by atoms with E-state index < -0.39 is 0 Å². The third-order valence-corrected chi connectivity index (χ3v) is 7.00. The van der Waals surface area contributed by atoms with E-state index in [-0.39, 0.29) is 11.9 Å². The zero-order valence-corrected chi connectivity index (χ0v) is 17.4. The number of nitrogens with zero attached hydrogens (tertiary/aromatic N) is 2. The molecule has 0 radical (unpaired) electrons. The zero-order chi connectivity index (χ0) is 18.5. The molecule has 2 rings (SSSR count). The number of hydrogen-bond donors (Lipinski definition) is 0. The van der Waals surface area contributed by atoms with E-state index in [1.165, 1.54) is 62.8 Å². The number of likely N-dealkylation sites (tertiary alicyclic amines) is 2. The van der Waals surface area contributed by atoms with Crippen LogP contribution >= 0.6 is 0 Å². The van der Waals surface area contributed by atoms with E-state index in [0.29, 0.717) is 6.61 Å². The van der Waals surface area contributed by atoms with Gasteiger partial charge in [0.1, 0.15) is 13.2 Å². The number of rotatable bonds is 7. The summed E-state index contributed by atoms with van der Waals surface area (Å²) in [6.45, 7) is 10.8. The van der Waals surface area contributed by atoms with Gasteiger partial charge in [0.2, 0.25) is 0 Å². The van der Waals surface area contributed by atoms with Gasteiger partial charge in [-0.25, -0.2) is 0 Å². The first-order valence-electron chi connectivity index (χ1n) is 10.6. The quantitative estimate of drug-likeness (QED) is 0.518. The lowest BCUT2D eigenvalue weighted by Gasteiger charge is -2.42. The van der Waals surface area contributed by atoms with Crippen molar-refractivity contribution < 1.29 is 18.5 Å². The molecule has 2 saturated heterocycles. The maximum atomic E-state index is 11.8. The maximum absolute atomic E-state index is 11.8. The smallest absolute Gasteiger partial charge is 0.308 e. The number of carbonyl (C=O) groups is 1. The molecule has 2 heterocycles. The molecule has 0 aliphatic carbocycles. The Labute approximate surface area is 155 Å². The normalized spacial score (nSPS) is 31.5. The summed E-state index contributed by atoms with van der Waals surface area (Å²) in [5.74, 6) is 1.90. The number of hydrogen-bond acceptors (Lipinski definition) is 2. The molecule has 0 N–H and O–H groups in total. The van der Waals surface area contributed by atoms with Crippen molar-refractivity contribution in [3.63, 3.8) is 0 Å². The topological polar surface area (TPSA) is 26.3 Å². The minimum atomic E-state index is -0.0254. The first-order valence-corrected chi connectivity index (χ1v) is 10.6. The molecule has 4 nitrogen and oxygen atoms in total. The number of carbonyl (C=O) groups excluding carboxylic acids is 1. The van der Waals surface area contributed by atoms with Crippen molar-refractivity contribution in [2.45, 2.75) is 52.4 Å². The highest BCUT2D eigenvalue weighted by atomic mass is 16.5. The van der Waals surface area contributed by atoms with Gasteiger partial charge in [0.15, 0.2) is 0 Å². The predicted octanol–water partition coefficient (Wildman–Crippen LogP) is 3.31. The zero-order valence-electron chi connectivity index (χ0n) is 17.4. The number of piperidine rings is 2. The van der Waals surface area contributed by atoms with E-state index in [9.17, 15) is 4.79 Å². The minimum Gasteiger partial charge on any atom is -0.459 e. The lowest BCUT2D eigenvalue weighted by molar-refractivity contribution is -0.915. The summed E-state index contributed by atoms with van der Waals surface area (Å²) in [5, 5.41) is 0. The lowest BCUT2D eigenvalue weighted by Crippen LogP contribution is -2.52. The summed E-state index contributed by atoms with van der Waals surface area (Å²) in [4.78, 5) is 11.8. The van der Waals surface area contributed by atoms with Gasteiger partial charge in [-0.3, -0.25) is 4.79 Å². The summed E-state index contributed by atoms with van der Waals surface area (Å²) in [6, 6.07) is 0. The van der Waals surface area contributed by atoms with Crippen LogP contribution in [-0.2, 0) is 9.53 Å². The Bertz CT molecular complexity index is 418. The van der Waals surface area contributed by atoms with E-state index in [1.54, 1.807) is 0 Å². The van der Waals surface area contributed by atoms with Gasteiger partial charge in [0.25, 0.3) is 0 Å². The van der Waals surface area contributed by atoms with Gasteiger partial charge in [-0.1, -0.05) is 13.8 Å². The minimum absolute atomic E-state index is 0.0254. The second kappa shape index (κ2) is 8.85.